The monoisotopic (exact) mass is 350 g/mol. The Balaban J connectivity index is 0. The molecule has 3 N–H and O–H groups in total. The predicted octanol–water partition coefficient (Wildman–Crippen LogP) is -0.566. The van der Waals surface area contributed by atoms with Crippen LogP contribution in [0.5, 0.6) is 0 Å². The van der Waals surface area contributed by atoms with Crippen molar-refractivity contribution < 1.29 is 80.5 Å². The molecule has 13 heavy (non-hydrogen) atoms. The first kappa shape index (κ1) is 16.7. The van der Waals surface area contributed by atoms with Gasteiger partial charge in [0.2, 0.25) is 0 Å². The van der Waals surface area contributed by atoms with Crippen molar-refractivity contribution >= 4 is 15.6 Å². The average molecular weight is 351 g/mol. The zero-order valence-electron chi connectivity index (χ0n) is 5.63. The third-order valence-corrected chi connectivity index (χ3v) is 3.99. The summed E-state index contributed by atoms with van der Waals surface area (Å²) in [5.74, 6) is 0. The van der Waals surface area contributed by atoms with E-state index in [2.05, 4.69) is 7.76 Å². The second-order valence-electron chi connectivity index (χ2n) is 1.35. The third kappa shape index (κ3) is 11.3. The van der Waals surface area contributed by atoms with Crippen molar-refractivity contribution in [3.05, 3.63) is 0 Å². The summed E-state index contributed by atoms with van der Waals surface area (Å²) in [6, 6.07) is 0. The van der Waals surface area contributed by atoms with Gasteiger partial charge in [0.05, 0.1) is 0 Å². The molecule has 0 heterocycles. The van der Waals surface area contributed by atoms with Crippen molar-refractivity contribution in [1.29, 1.82) is 0 Å². The van der Waals surface area contributed by atoms with Gasteiger partial charge in [0.1, 0.15) is 0 Å². The molecule has 0 saturated carbocycles. The Kier molecular flexibility index (Phi) is 7.77. The summed E-state index contributed by atoms with van der Waals surface area (Å²) in [4.78, 5) is 24.2. The van der Waals surface area contributed by atoms with Crippen LogP contribution in [0.25, 0.3) is 0 Å². The smallest absolute Gasteiger partial charge is 0 e. The van der Waals surface area contributed by atoms with Gasteiger partial charge in [0.15, 0.2) is 0 Å². The van der Waals surface area contributed by atoms with E-state index >= 15 is 0 Å². The van der Waals surface area contributed by atoms with E-state index in [4.69, 9.17) is 14.7 Å². The Morgan fingerprint density at radius 1 is 1.08 bits per heavy atom. The minimum absolute atomic E-state index is 0. The summed E-state index contributed by atoms with van der Waals surface area (Å²) >= 11 is -4.43. The van der Waals surface area contributed by atoms with Crippen molar-refractivity contribution in [3.8, 4) is 0 Å². The zero-order chi connectivity index (χ0) is 9.99. The maximum atomic E-state index is 10.3. The molecule has 1 atom stereocenters. The molecule has 0 amide bonds. The van der Waals surface area contributed by atoms with Crippen LogP contribution in [-0.4, -0.2) is 14.7 Å². The van der Waals surface area contributed by atoms with Gasteiger partial charge in [-0.15, -0.1) is 0 Å². The molecule has 0 rings (SSSR count). The average Bonchev–Trinajstić information content (AvgIpc) is 1.48. The third-order valence-electron chi connectivity index (χ3n) is 0.379. The van der Waals surface area contributed by atoms with E-state index < -0.39 is 31.0 Å². The fraction of sp³-hybridized carbons (Fsp3) is 0. The first-order valence-corrected chi connectivity index (χ1v) is 6.80. The van der Waals surface area contributed by atoms with E-state index in [0.29, 0.717) is 0 Å². The fourth-order valence-electron chi connectivity index (χ4n) is 0.234. The zero-order valence-corrected chi connectivity index (χ0v) is 11.3. The number of rotatable bonds is 4. The molecule has 0 aliphatic rings. The van der Waals surface area contributed by atoms with E-state index in [-0.39, 0.29) is 26.2 Å². The predicted molar refractivity (Wildman–Crippen MR) is 25.4 cm³/mol. The van der Waals surface area contributed by atoms with Gasteiger partial charge < -0.3 is 0 Å². The maximum absolute atomic E-state index is 10.3. The Labute approximate surface area is 95.8 Å². The molecule has 0 bridgehead atoms. The molecule has 0 aromatic heterocycles. The molecule has 0 aliphatic carbocycles. The van der Waals surface area contributed by atoms with Crippen LogP contribution in [0, 0.1) is 0 Å². The summed E-state index contributed by atoms with van der Waals surface area (Å²) in [6.45, 7) is 0. The van der Waals surface area contributed by atoms with E-state index in [1.165, 1.54) is 0 Å². The van der Waals surface area contributed by atoms with Crippen LogP contribution in [0.3, 0.4) is 0 Å². The Hall–Kier alpha value is 1.33. The largest absolute Gasteiger partial charge is 0 e. The Morgan fingerprint density at radius 3 is 1.69 bits per heavy atom. The first-order valence-electron chi connectivity index (χ1n) is 2.06. The molecule has 0 aliphatic heterocycles. The van der Waals surface area contributed by atoms with Gasteiger partial charge in [-0.3, -0.25) is 0 Å². The summed E-state index contributed by atoms with van der Waals surface area (Å²) in [5.41, 5.74) is 0. The van der Waals surface area contributed by atoms with Crippen LogP contribution >= 0.6 is 15.6 Å². The van der Waals surface area contributed by atoms with Crippen LogP contribution in [0.2, 0.25) is 0 Å². The summed E-state index contributed by atoms with van der Waals surface area (Å²) in [6.07, 6.45) is 0. The second kappa shape index (κ2) is 6.03. The van der Waals surface area contributed by atoms with E-state index in [1.54, 1.807) is 0 Å². The maximum Gasteiger partial charge on any atom is 0 e. The fourth-order valence-corrected chi connectivity index (χ4v) is 2.80. The Morgan fingerprint density at radius 2 is 1.46 bits per heavy atom. The normalized spacial score (nSPS) is 15.6. The van der Waals surface area contributed by atoms with Gasteiger partial charge in [-0.2, -0.15) is 0 Å². The van der Waals surface area contributed by atoms with E-state index in [9.17, 15) is 16.5 Å². The first-order chi connectivity index (χ1) is 5.12. The molecule has 76 valence electrons. The van der Waals surface area contributed by atoms with Crippen molar-refractivity contribution in [1.82, 2.24) is 0 Å². The SMILES string of the molecule is [O]=[V](=[O])[O]P(=O)(O)OP(=O)(O)O.[Zr]. The van der Waals surface area contributed by atoms with Gasteiger partial charge in [0, 0.05) is 26.2 Å². The van der Waals surface area contributed by atoms with Crippen LogP contribution in [0.1, 0.15) is 0 Å². The molecule has 0 radical (unpaired) electrons. The minimum atomic E-state index is -5.24. The van der Waals surface area contributed by atoms with Gasteiger partial charge in [0.25, 0.3) is 0 Å². The van der Waals surface area contributed by atoms with Crippen molar-refractivity contribution in [2.24, 2.45) is 0 Å². The van der Waals surface area contributed by atoms with Gasteiger partial charge in [-0.05, 0) is 0 Å². The van der Waals surface area contributed by atoms with Crippen LogP contribution < -0.4 is 0 Å². The van der Waals surface area contributed by atoms with Gasteiger partial charge in [-0.1, -0.05) is 0 Å². The summed E-state index contributed by atoms with van der Waals surface area (Å²) in [5, 5.41) is 0. The summed E-state index contributed by atoms with van der Waals surface area (Å²) in [7, 11) is -10.4. The van der Waals surface area contributed by atoms with Gasteiger partial charge >= 0.3 is 70.0 Å². The van der Waals surface area contributed by atoms with Crippen LogP contribution in [0.15, 0.2) is 0 Å². The van der Waals surface area contributed by atoms with Crippen LogP contribution in [0.4, 0.5) is 0 Å². The molecular weight excluding hydrogens is 348 g/mol. The quantitative estimate of drug-likeness (QED) is 0.567. The molecule has 0 aromatic carbocycles. The molecule has 13 heteroatoms. The topological polar surface area (TPSA) is 147 Å². The molecule has 0 saturated heterocycles. The minimum Gasteiger partial charge on any atom is 0 e. The van der Waals surface area contributed by atoms with Crippen molar-refractivity contribution in [2.45, 2.75) is 0 Å². The second-order valence-corrected chi connectivity index (χ2v) is 5.54. The number of hydrogen-bond acceptors (Lipinski definition) is 6. The molecule has 9 nitrogen and oxygen atoms in total. The molecular formula is H3O9P2VZr. The summed E-state index contributed by atoms with van der Waals surface area (Å²) < 4.78 is 46.0. The van der Waals surface area contributed by atoms with Crippen LogP contribution in [-0.2, 0) is 65.8 Å². The van der Waals surface area contributed by atoms with E-state index in [0.717, 1.165) is 0 Å². The van der Waals surface area contributed by atoms with Crippen molar-refractivity contribution in [2.75, 3.05) is 0 Å². The molecule has 0 fully saturated rings. The van der Waals surface area contributed by atoms with E-state index in [1.807, 2.05) is 0 Å². The van der Waals surface area contributed by atoms with Crippen molar-refractivity contribution in [3.63, 3.8) is 0 Å². The molecule has 1 unspecified atom stereocenters. The molecule has 0 aromatic rings. The molecule has 0 spiro atoms. The van der Waals surface area contributed by atoms with Gasteiger partial charge in [-0.25, -0.2) is 0 Å². The number of phosphoric acid groups is 2. The Bertz CT molecular complexity index is 302. The standard InChI is InChI=1S/H4O7P2.2O.V.Zr/c1-8(2,3)7-9(4,5)6;;;;/h(H2,1,2,3)(H2,4,5,6);;;;/q;;;+1;/p-1. The number of hydrogen-bond donors (Lipinski definition) is 3.